The number of ether oxygens (including phenoxy) is 5. The Morgan fingerprint density at radius 2 is 1.62 bits per heavy atom. The Kier molecular flexibility index (Phi) is 9.53. The first-order chi connectivity index (χ1) is 19.9. The van der Waals surface area contributed by atoms with E-state index in [-0.39, 0.29) is 16.9 Å². The van der Waals surface area contributed by atoms with E-state index < -0.39 is 96.4 Å². The molecule has 4 heterocycles. The minimum Gasteiger partial charge on any atom is -0.465 e. The average Bonchev–Trinajstić information content (AvgIpc) is 3.40. The third-order valence-corrected chi connectivity index (χ3v) is 7.04. The number of aliphatic hydroxyl groups excluding tert-OH is 4. The summed E-state index contributed by atoms with van der Waals surface area (Å²) in [4.78, 5) is 66.1. The van der Waals surface area contributed by atoms with Gasteiger partial charge in [-0.05, 0) is 12.2 Å². The number of aromatic amines is 2. The zero-order valence-corrected chi connectivity index (χ0v) is 22.9. The highest BCUT2D eigenvalue weighted by Crippen LogP contribution is 2.32. The van der Waals surface area contributed by atoms with Crippen molar-refractivity contribution in [2.24, 2.45) is 0 Å². The molecular formula is C23H28N4O14S. The van der Waals surface area contributed by atoms with Crippen LogP contribution in [0.3, 0.4) is 0 Å². The molecule has 2 aromatic rings. The highest BCUT2D eigenvalue weighted by Gasteiger charge is 2.48. The number of esters is 2. The summed E-state index contributed by atoms with van der Waals surface area (Å²) in [5.41, 5.74) is -3.54. The van der Waals surface area contributed by atoms with E-state index >= 15 is 0 Å². The summed E-state index contributed by atoms with van der Waals surface area (Å²) in [6.07, 6.45) is -10.0. The fourth-order valence-corrected chi connectivity index (χ4v) is 4.87. The molecule has 19 heteroatoms. The lowest BCUT2D eigenvalue weighted by molar-refractivity contribution is -0.156. The molecule has 2 aromatic heterocycles. The Hall–Kier alpha value is -3.56. The van der Waals surface area contributed by atoms with Crippen LogP contribution in [-0.4, -0.2) is 116 Å². The molecule has 0 amide bonds. The van der Waals surface area contributed by atoms with Crippen molar-refractivity contribution >= 4 is 24.2 Å². The van der Waals surface area contributed by atoms with Crippen LogP contribution in [0.5, 0.6) is 0 Å². The summed E-state index contributed by atoms with van der Waals surface area (Å²) in [7, 11) is 2.39. The number of rotatable bonds is 9. The first-order valence-corrected chi connectivity index (χ1v) is 12.7. The molecule has 0 saturated carbocycles. The van der Waals surface area contributed by atoms with Gasteiger partial charge in [0.1, 0.15) is 36.1 Å². The van der Waals surface area contributed by atoms with Crippen molar-refractivity contribution in [2.75, 3.05) is 27.4 Å². The Bertz CT molecular complexity index is 1570. The number of aromatic nitrogens is 4. The van der Waals surface area contributed by atoms with Gasteiger partial charge in [-0.25, -0.2) is 9.59 Å². The summed E-state index contributed by atoms with van der Waals surface area (Å²) in [6.45, 7) is -0.835. The fraction of sp³-hybridized carbons (Fsp3) is 0.565. The molecule has 2 saturated heterocycles. The molecule has 0 unspecified atom stereocenters. The van der Waals surface area contributed by atoms with Crippen LogP contribution in [0, 0.1) is 4.77 Å². The second-order valence-corrected chi connectivity index (χ2v) is 9.78. The SMILES string of the molecule is COC[C@H]1O[C@@H](n2cc(C(=O)OC)c(=O)[nH]c2=S)[C@H](O)[C@@H]1OC(=O)Cc1cn([C@@H]2O[C@H](CO)[C@@H](O)[C@H]2O)c(=O)[nH]c1=O. The molecule has 2 aliphatic rings. The van der Waals surface area contributed by atoms with Crippen molar-refractivity contribution < 1.29 is 53.7 Å². The third-order valence-electron chi connectivity index (χ3n) is 6.72. The first-order valence-electron chi connectivity index (χ1n) is 12.3. The zero-order chi connectivity index (χ0) is 30.9. The Morgan fingerprint density at radius 3 is 2.24 bits per heavy atom. The maximum atomic E-state index is 12.9. The van der Waals surface area contributed by atoms with E-state index in [1.165, 1.54) is 7.11 Å². The van der Waals surface area contributed by atoms with Gasteiger partial charge in [0.05, 0.1) is 26.7 Å². The number of nitrogens with one attached hydrogen (secondary N) is 2. The summed E-state index contributed by atoms with van der Waals surface area (Å²) < 4.78 is 27.8. The number of hydrogen-bond acceptors (Lipinski definition) is 15. The standard InChI is InChI=1S/C23H28N4O14S/c1-37-7-11-16(15(32)20(40-11)27-5-9(21(35)38-2)18(34)25-23(27)42)41-12(29)3-8-4-26(22(36)24-17(8)33)19-14(31)13(30)10(6-28)39-19/h4-5,10-11,13-16,19-20,28,30-32H,3,6-7H2,1-2H3,(H,24,33,36)(H,25,34,42)/t10-,11-,13-,14-,15-,16-,19-,20-/m1/s1. The van der Waals surface area contributed by atoms with Crippen LogP contribution in [-0.2, 0) is 34.9 Å². The molecule has 0 spiro atoms. The lowest BCUT2D eigenvalue weighted by atomic mass is 10.1. The number of nitrogens with zero attached hydrogens (tertiary/aromatic N) is 2. The van der Waals surface area contributed by atoms with Crippen molar-refractivity contribution in [2.45, 2.75) is 55.5 Å². The zero-order valence-electron chi connectivity index (χ0n) is 22.1. The van der Waals surface area contributed by atoms with Crippen molar-refractivity contribution in [3.05, 3.63) is 59.5 Å². The van der Waals surface area contributed by atoms with Gasteiger partial charge >= 0.3 is 17.6 Å². The molecule has 2 fully saturated rings. The summed E-state index contributed by atoms with van der Waals surface area (Å²) in [5, 5.41) is 40.6. The minimum absolute atomic E-state index is 0.178. The van der Waals surface area contributed by atoms with E-state index in [0.717, 1.165) is 28.6 Å². The van der Waals surface area contributed by atoms with Crippen molar-refractivity contribution in [3.8, 4) is 0 Å². The van der Waals surface area contributed by atoms with Gasteiger partial charge in [0.25, 0.3) is 11.1 Å². The summed E-state index contributed by atoms with van der Waals surface area (Å²) >= 11 is 5.14. The van der Waals surface area contributed by atoms with Crippen LogP contribution in [0.2, 0.25) is 0 Å². The molecule has 0 radical (unpaired) electrons. The highest BCUT2D eigenvalue weighted by molar-refractivity contribution is 7.71. The van der Waals surface area contributed by atoms with Gasteiger partial charge in [-0.15, -0.1) is 0 Å². The number of hydrogen-bond donors (Lipinski definition) is 6. The topological polar surface area (TPSA) is 254 Å². The van der Waals surface area contributed by atoms with Crippen molar-refractivity contribution in [1.82, 2.24) is 19.1 Å². The third kappa shape index (κ3) is 5.99. The van der Waals surface area contributed by atoms with E-state index in [1.807, 2.05) is 4.98 Å². The van der Waals surface area contributed by atoms with Crippen LogP contribution in [0.1, 0.15) is 28.4 Å². The van der Waals surface area contributed by atoms with Gasteiger partial charge in [0, 0.05) is 25.1 Å². The predicted molar refractivity (Wildman–Crippen MR) is 137 cm³/mol. The van der Waals surface area contributed by atoms with Crippen LogP contribution in [0.4, 0.5) is 0 Å². The number of carbonyl (C=O) groups is 2. The molecule has 42 heavy (non-hydrogen) atoms. The normalized spacial score (nSPS) is 29.0. The van der Waals surface area contributed by atoms with Crippen molar-refractivity contribution in [3.63, 3.8) is 0 Å². The molecule has 4 rings (SSSR count). The van der Waals surface area contributed by atoms with E-state index in [0.29, 0.717) is 0 Å². The van der Waals surface area contributed by atoms with Gasteiger partial charge in [-0.2, -0.15) is 0 Å². The second-order valence-electron chi connectivity index (χ2n) is 9.39. The van der Waals surface area contributed by atoms with Gasteiger partial charge in [0.2, 0.25) is 0 Å². The Balaban J connectivity index is 1.57. The maximum absolute atomic E-state index is 12.9. The van der Waals surface area contributed by atoms with Gasteiger partial charge in [-0.1, -0.05) is 0 Å². The molecule has 18 nitrogen and oxygen atoms in total. The Morgan fingerprint density at radius 1 is 0.952 bits per heavy atom. The predicted octanol–water partition coefficient (Wildman–Crippen LogP) is -3.79. The lowest BCUT2D eigenvalue weighted by Crippen LogP contribution is -2.40. The van der Waals surface area contributed by atoms with E-state index in [4.69, 9.17) is 31.2 Å². The molecular weight excluding hydrogens is 588 g/mol. The molecule has 8 atom stereocenters. The molecule has 6 N–H and O–H groups in total. The first kappa shape index (κ1) is 31.4. The fourth-order valence-electron chi connectivity index (χ4n) is 4.62. The number of aliphatic hydroxyl groups is 4. The smallest absolute Gasteiger partial charge is 0.345 e. The lowest BCUT2D eigenvalue weighted by Gasteiger charge is -2.21. The summed E-state index contributed by atoms with van der Waals surface area (Å²) in [6, 6.07) is 0. The molecule has 230 valence electrons. The molecule has 2 aliphatic heterocycles. The van der Waals surface area contributed by atoms with Crippen LogP contribution < -0.4 is 16.8 Å². The average molecular weight is 617 g/mol. The Labute approximate surface area is 239 Å². The van der Waals surface area contributed by atoms with Crippen LogP contribution in [0.15, 0.2) is 26.8 Å². The van der Waals surface area contributed by atoms with Gasteiger partial charge in [-0.3, -0.25) is 33.5 Å². The maximum Gasteiger partial charge on any atom is 0.345 e. The van der Waals surface area contributed by atoms with E-state index in [9.17, 15) is 44.4 Å². The second kappa shape index (κ2) is 12.8. The molecule has 0 aliphatic carbocycles. The molecule has 0 aromatic carbocycles. The number of methoxy groups -OCH3 is 2. The summed E-state index contributed by atoms with van der Waals surface area (Å²) in [5.74, 6) is -2.02. The largest absolute Gasteiger partial charge is 0.465 e. The van der Waals surface area contributed by atoms with Crippen LogP contribution >= 0.6 is 12.2 Å². The number of H-pyrrole nitrogens is 2. The van der Waals surface area contributed by atoms with Gasteiger partial charge < -0.3 is 44.1 Å². The monoisotopic (exact) mass is 616 g/mol. The van der Waals surface area contributed by atoms with E-state index in [2.05, 4.69) is 9.72 Å². The van der Waals surface area contributed by atoms with Gasteiger partial charge in [0.15, 0.2) is 23.3 Å². The van der Waals surface area contributed by atoms with Crippen molar-refractivity contribution in [1.29, 1.82) is 0 Å². The minimum atomic E-state index is -1.64. The van der Waals surface area contributed by atoms with E-state index in [1.54, 1.807) is 0 Å². The highest BCUT2D eigenvalue weighted by atomic mass is 32.1. The molecule has 0 bridgehead atoms. The quantitative estimate of drug-likeness (QED) is 0.117. The number of carbonyl (C=O) groups excluding carboxylic acids is 2. The van der Waals surface area contributed by atoms with Crippen LogP contribution in [0.25, 0.3) is 0 Å².